The topological polar surface area (TPSA) is 59.5 Å². The molecule has 2 rings (SSSR count). The minimum atomic E-state index is -0.488. The van der Waals surface area contributed by atoms with Gasteiger partial charge in [0.05, 0.1) is 6.54 Å². The lowest BCUT2D eigenvalue weighted by atomic mass is 10.1. The highest BCUT2D eigenvalue weighted by Gasteiger charge is 2.23. The van der Waals surface area contributed by atoms with Gasteiger partial charge in [-0.2, -0.15) is 0 Å². The molecule has 0 spiro atoms. The zero-order chi connectivity index (χ0) is 14.7. The van der Waals surface area contributed by atoms with Crippen molar-refractivity contribution >= 4 is 21.8 Å². The van der Waals surface area contributed by atoms with Crippen molar-refractivity contribution in [3.05, 3.63) is 58.0 Å². The number of amides is 1. The van der Waals surface area contributed by atoms with E-state index in [2.05, 4.69) is 15.9 Å². The average Bonchev–Trinajstić information content (AvgIpc) is 2.74. The third-order valence-corrected chi connectivity index (χ3v) is 3.57. The first-order valence-corrected chi connectivity index (χ1v) is 7.07. The number of furan rings is 1. The molecule has 5 heteroatoms. The predicted octanol–water partition coefficient (Wildman–Crippen LogP) is 3.01. The minimum absolute atomic E-state index is 0.381. The van der Waals surface area contributed by atoms with Crippen molar-refractivity contribution in [1.82, 2.24) is 4.90 Å². The fourth-order valence-electron chi connectivity index (χ4n) is 2.22. The van der Waals surface area contributed by atoms with E-state index in [1.54, 1.807) is 0 Å². The van der Waals surface area contributed by atoms with Crippen LogP contribution in [0.15, 0.2) is 45.3 Å². The number of likely N-dealkylation sites (N-methyl/N-ethyl adjacent to an activating group) is 1. The second kappa shape index (κ2) is 6.24. The molecule has 0 aliphatic rings. The molecule has 0 saturated heterocycles. The number of carbonyl (C=O) groups excluding carboxylic acids is 1. The van der Waals surface area contributed by atoms with E-state index in [1.165, 1.54) is 0 Å². The molecular formula is C15H17BrN2O2. The van der Waals surface area contributed by atoms with Crippen molar-refractivity contribution in [2.24, 2.45) is 5.73 Å². The van der Waals surface area contributed by atoms with E-state index in [1.807, 2.05) is 55.3 Å². The van der Waals surface area contributed by atoms with E-state index in [0.717, 1.165) is 21.6 Å². The number of carbonyl (C=O) groups is 1. The van der Waals surface area contributed by atoms with Crippen LogP contribution in [0.3, 0.4) is 0 Å². The number of hydrogen-bond acceptors (Lipinski definition) is 3. The van der Waals surface area contributed by atoms with E-state index in [0.29, 0.717) is 6.54 Å². The molecule has 2 aromatic rings. The van der Waals surface area contributed by atoms with E-state index in [-0.39, 0.29) is 5.91 Å². The maximum atomic E-state index is 11.8. The Morgan fingerprint density at radius 1 is 1.40 bits per heavy atom. The number of nitrogens with two attached hydrogens (primary N) is 1. The molecule has 0 aliphatic heterocycles. The molecule has 0 saturated carbocycles. The molecule has 0 bridgehead atoms. The molecule has 1 heterocycles. The van der Waals surface area contributed by atoms with Gasteiger partial charge in [0, 0.05) is 4.47 Å². The molecule has 1 aromatic heterocycles. The fraction of sp³-hybridized carbons (Fsp3) is 0.267. The van der Waals surface area contributed by atoms with E-state index < -0.39 is 6.04 Å². The van der Waals surface area contributed by atoms with Gasteiger partial charge in [-0.05, 0) is 43.8 Å². The van der Waals surface area contributed by atoms with Gasteiger partial charge in [-0.25, -0.2) is 0 Å². The highest BCUT2D eigenvalue weighted by atomic mass is 79.9. The van der Waals surface area contributed by atoms with Gasteiger partial charge >= 0.3 is 0 Å². The smallest absolute Gasteiger partial charge is 0.239 e. The summed E-state index contributed by atoms with van der Waals surface area (Å²) in [7, 11) is 1.86. The van der Waals surface area contributed by atoms with Crippen LogP contribution in [-0.2, 0) is 11.3 Å². The maximum absolute atomic E-state index is 11.8. The largest absolute Gasteiger partial charge is 0.465 e. The van der Waals surface area contributed by atoms with Crippen molar-refractivity contribution in [2.75, 3.05) is 7.05 Å². The van der Waals surface area contributed by atoms with Gasteiger partial charge in [-0.15, -0.1) is 0 Å². The van der Waals surface area contributed by atoms with Crippen molar-refractivity contribution in [2.45, 2.75) is 19.5 Å². The zero-order valence-electron chi connectivity index (χ0n) is 11.5. The molecule has 0 aliphatic carbocycles. The van der Waals surface area contributed by atoms with Crippen LogP contribution in [0.2, 0.25) is 0 Å². The lowest BCUT2D eigenvalue weighted by Gasteiger charge is -2.25. The molecule has 1 aromatic carbocycles. The summed E-state index contributed by atoms with van der Waals surface area (Å²) in [4.78, 5) is 13.7. The van der Waals surface area contributed by atoms with Gasteiger partial charge in [0.1, 0.15) is 17.6 Å². The van der Waals surface area contributed by atoms with Crippen molar-refractivity contribution in [3.63, 3.8) is 0 Å². The number of hydrogen-bond donors (Lipinski definition) is 1. The van der Waals surface area contributed by atoms with Crippen LogP contribution in [0, 0.1) is 6.92 Å². The van der Waals surface area contributed by atoms with Crippen LogP contribution in [0.4, 0.5) is 0 Å². The highest BCUT2D eigenvalue weighted by Crippen LogP contribution is 2.24. The summed E-state index contributed by atoms with van der Waals surface area (Å²) in [5, 5.41) is 0. The molecule has 2 N–H and O–H groups in total. The molecule has 20 heavy (non-hydrogen) atoms. The van der Waals surface area contributed by atoms with Crippen LogP contribution in [0.5, 0.6) is 0 Å². The van der Waals surface area contributed by atoms with Crippen molar-refractivity contribution in [1.29, 1.82) is 0 Å². The molecule has 0 fully saturated rings. The number of halogens is 1. The first kappa shape index (κ1) is 14.8. The predicted molar refractivity (Wildman–Crippen MR) is 81.0 cm³/mol. The lowest BCUT2D eigenvalue weighted by molar-refractivity contribution is -0.123. The Morgan fingerprint density at radius 3 is 2.70 bits per heavy atom. The zero-order valence-corrected chi connectivity index (χ0v) is 13.1. The Hall–Kier alpha value is -1.59. The number of benzene rings is 1. The van der Waals surface area contributed by atoms with Crippen molar-refractivity contribution < 1.29 is 9.21 Å². The van der Waals surface area contributed by atoms with Crippen molar-refractivity contribution in [3.8, 4) is 0 Å². The van der Waals surface area contributed by atoms with E-state index in [9.17, 15) is 4.79 Å². The Bertz CT molecular complexity index is 609. The third-order valence-electron chi connectivity index (χ3n) is 3.08. The van der Waals surface area contributed by atoms with Gasteiger partial charge in [-0.1, -0.05) is 28.1 Å². The Kier molecular flexibility index (Phi) is 4.62. The van der Waals surface area contributed by atoms with Gasteiger partial charge in [0.15, 0.2) is 0 Å². The standard InChI is InChI=1S/C15H17BrN2O2/c1-10-6-7-13(20-10)9-18(2)14(15(17)19)11-4-3-5-12(16)8-11/h3-8,14H,9H2,1-2H3,(H2,17,19). The summed E-state index contributed by atoms with van der Waals surface area (Å²) in [5.41, 5.74) is 6.41. The normalized spacial score (nSPS) is 12.6. The summed E-state index contributed by atoms with van der Waals surface area (Å²) in [6.07, 6.45) is 0. The maximum Gasteiger partial charge on any atom is 0.239 e. The number of aryl methyl sites for hydroxylation is 1. The van der Waals surface area contributed by atoms with Gasteiger partial charge in [-0.3, -0.25) is 9.69 Å². The molecule has 1 amide bonds. The third kappa shape index (κ3) is 3.49. The second-order valence-corrected chi connectivity index (χ2v) is 5.70. The molecular weight excluding hydrogens is 320 g/mol. The van der Waals surface area contributed by atoms with Gasteiger partial charge in [0.2, 0.25) is 5.91 Å². The molecule has 0 radical (unpaired) electrons. The first-order chi connectivity index (χ1) is 9.47. The summed E-state index contributed by atoms with van der Waals surface area (Å²) in [6, 6.07) is 10.9. The van der Waals surface area contributed by atoms with Crippen LogP contribution < -0.4 is 5.73 Å². The second-order valence-electron chi connectivity index (χ2n) is 4.79. The molecule has 1 atom stereocenters. The quantitative estimate of drug-likeness (QED) is 0.912. The van der Waals surface area contributed by atoms with Gasteiger partial charge < -0.3 is 10.2 Å². The van der Waals surface area contributed by atoms with Crippen LogP contribution in [0.1, 0.15) is 23.1 Å². The Labute approximate surface area is 126 Å². The van der Waals surface area contributed by atoms with E-state index in [4.69, 9.17) is 10.2 Å². The minimum Gasteiger partial charge on any atom is -0.465 e. The highest BCUT2D eigenvalue weighted by molar-refractivity contribution is 9.10. The summed E-state index contributed by atoms with van der Waals surface area (Å²) >= 11 is 3.41. The van der Waals surface area contributed by atoms with Gasteiger partial charge in [0.25, 0.3) is 0 Å². The SMILES string of the molecule is Cc1ccc(CN(C)C(C(N)=O)c2cccc(Br)c2)o1. The Balaban J connectivity index is 2.22. The lowest BCUT2D eigenvalue weighted by Crippen LogP contribution is -2.34. The molecule has 1 unspecified atom stereocenters. The molecule has 4 nitrogen and oxygen atoms in total. The number of primary amides is 1. The fourth-order valence-corrected chi connectivity index (χ4v) is 2.64. The van der Waals surface area contributed by atoms with Crippen LogP contribution >= 0.6 is 15.9 Å². The summed E-state index contributed by atoms with van der Waals surface area (Å²) < 4.78 is 6.46. The first-order valence-electron chi connectivity index (χ1n) is 6.27. The Morgan fingerprint density at radius 2 is 2.15 bits per heavy atom. The van der Waals surface area contributed by atoms with E-state index >= 15 is 0 Å². The summed E-state index contributed by atoms with van der Waals surface area (Å²) in [6.45, 7) is 2.41. The summed E-state index contributed by atoms with van der Waals surface area (Å²) in [5.74, 6) is 1.28. The average molecular weight is 337 g/mol. The molecule has 106 valence electrons. The monoisotopic (exact) mass is 336 g/mol. The van der Waals surface area contributed by atoms with Crippen LogP contribution in [-0.4, -0.2) is 17.9 Å². The van der Waals surface area contributed by atoms with Crippen LogP contribution in [0.25, 0.3) is 0 Å². The number of rotatable bonds is 5. The number of nitrogens with zero attached hydrogens (tertiary/aromatic N) is 1.